The lowest BCUT2D eigenvalue weighted by molar-refractivity contribution is 0.0818. The number of Topliss-reactive ketones (excluding diaryl/α,β-unsaturated/α-hetero) is 1. The number of rotatable bonds is 5. The molecule has 0 aliphatic rings. The lowest BCUT2D eigenvalue weighted by atomic mass is 10.1. The second-order valence-electron chi connectivity index (χ2n) is 4.67. The highest BCUT2D eigenvalue weighted by atomic mass is 16.5. The number of carbonyl (C=O) groups excluding carboxylic acids is 1. The smallest absolute Gasteiger partial charge is 0.202 e. The van der Waals surface area contributed by atoms with Gasteiger partial charge < -0.3 is 9.47 Å². The van der Waals surface area contributed by atoms with Crippen LogP contribution in [0.2, 0.25) is 0 Å². The number of aryl methyl sites for hydroxylation is 1. The van der Waals surface area contributed by atoms with E-state index in [2.05, 4.69) is 0 Å². The minimum Gasteiger partial charge on any atom is -0.497 e. The van der Waals surface area contributed by atoms with E-state index in [1.165, 1.54) is 0 Å². The summed E-state index contributed by atoms with van der Waals surface area (Å²) >= 11 is 0. The molecule has 0 aromatic heterocycles. The predicted octanol–water partition coefficient (Wildman–Crippen LogP) is 3.65. The second kappa shape index (κ2) is 6.24. The van der Waals surface area contributed by atoms with Crippen LogP contribution in [0, 0.1) is 6.92 Å². The van der Waals surface area contributed by atoms with Gasteiger partial charge in [0, 0.05) is 5.56 Å². The molecule has 0 heterocycles. The van der Waals surface area contributed by atoms with Crippen molar-refractivity contribution in [1.29, 1.82) is 0 Å². The summed E-state index contributed by atoms with van der Waals surface area (Å²) in [6, 6.07) is 14.7. The maximum absolute atomic E-state index is 12.2. The van der Waals surface area contributed by atoms with Crippen molar-refractivity contribution in [2.24, 2.45) is 0 Å². The first-order valence-electron chi connectivity index (χ1n) is 6.52. The molecule has 2 aromatic carbocycles. The third-order valence-electron chi connectivity index (χ3n) is 3.08. The Bertz CT molecular complexity index is 570. The van der Waals surface area contributed by atoms with E-state index >= 15 is 0 Å². The molecule has 2 aromatic rings. The third-order valence-corrected chi connectivity index (χ3v) is 3.08. The summed E-state index contributed by atoms with van der Waals surface area (Å²) in [5, 5.41) is 0. The van der Waals surface area contributed by atoms with Gasteiger partial charge in [0.05, 0.1) is 7.11 Å². The molecule has 2 rings (SSSR count). The van der Waals surface area contributed by atoms with Crippen LogP contribution in [0.15, 0.2) is 48.5 Å². The molecule has 20 heavy (non-hydrogen) atoms. The van der Waals surface area contributed by atoms with Crippen LogP contribution < -0.4 is 9.47 Å². The van der Waals surface area contributed by atoms with Gasteiger partial charge in [0.15, 0.2) is 6.10 Å². The van der Waals surface area contributed by atoms with Crippen LogP contribution in [0.25, 0.3) is 0 Å². The number of methoxy groups -OCH3 is 1. The van der Waals surface area contributed by atoms with E-state index in [4.69, 9.17) is 9.47 Å². The highest BCUT2D eigenvalue weighted by molar-refractivity contribution is 5.99. The van der Waals surface area contributed by atoms with Crippen molar-refractivity contribution in [2.45, 2.75) is 20.0 Å². The zero-order valence-electron chi connectivity index (χ0n) is 11.9. The molecular weight excluding hydrogens is 252 g/mol. The van der Waals surface area contributed by atoms with Gasteiger partial charge in [-0.3, -0.25) is 4.79 Å². The van der Waals surface area contributed by atoms with Crippen molar-refractivity contribution < 1.29 is 14.3 Å². The second-order valence-corrected chi connectivity index (χ2v) is 4.67. The van der Waals surface area contributed by atoms with Gasteiger partial charge in [0.25, 0.3) is 0 Å². The largest absolute Gasteiger partial charge is 0.497 e. The molecule has 0 aliphatic heterocycles. The van der Waals surface area contributed by atoms with Crippen LogP contribution in [-0.4, -0.2) is 19.0 Å². The molecule has 0 N–H and O–H groups in total. The minimum atomic E-state index is -0.522. The van der Waals surface area contributed by atoms with Gasteiger partial charge in [-0.1, -0.05) is 29.8 Å². The summed E-state index contributed by atoms with van der Waals surface area (Å²) < 4.78 is 10.7. The molecular formula is C17H18O3. The Hall–Kier alpha value is -2.29. The number of hydrogen-bond acceptors (Lipinski definition) is 3. The van der Waals surface area contributed by atoms with Gasteiger partial charge in [-0.05, 0) is 38.1 Å². The van der Waals surface area contributed by atoms with E-state index in [9.17, 15) is 4.79 Å². The number of carbonyl (C=O) groups is 1. The van der Waals surface area contributed by atoms with Gasteiger partial charge in [-0.15, -0.1) is 0 Å². The van der Waals surface area contributed by atoms with Gasteiger partial charge >= 0.3 is 0 Å². The minimum absolute atomic E-state index is 0.0270. The molecule has 1 unspecified atom stereocenters. The Labute approximate surface area is 119 Å². The zero-order valence-corrected chi connectivity index (χ0v) is 11.9. The van der Waals surface area contributed by atoms with Gasteiger partial charge in [0.2, 0.25) is 5.78 Å². The zero-order chi connectivity index (χ0) is 14.5. The van der Waals surface area contributed by atoms with Crippen LogP contribution in [0.1, 0.15) is 22.8 Å². The van der Waals surface area contributed by atoms with Crippen molar-refractivity contribution in [2.75, 3.05) is 7.11 Å². The molecule has 3 nitrogen and oxygen atoms in total. The molecule has 0 fully saturated rings. The number of ether oxygens (including phenoxy) is 2. The number of benzene rings is 2. The van der Waals surface area contributed by atoms with Crippen molar-refractivity contribution in [3.63, 3.8) is 0 Å². The molecule has 0 aliphatic carbocycles. The van der Waals surface area contributed by atoms with E-state index < -0.39 is 6.10 Å². The third kappa shape index (κ3) is 3.38. The summed E-state index contributed by atoms with van der Waals surface area (Å²) in [6.45, 7) is 3.75. The van der Waals surface area contributed by atoms with Gasteiger partial charge in [-0.2, -0.15) is 0 Å². The fourth-order valence-electron chi connectivity index (χ4n) is 1.86. The molecule has 0 saturated carbocycles. The van der Waals surface area contributed by atoms with Crippen molar-refractivity contribution in [1.82, 2.24) is 0 Å². The van der Waals surface area contributed by atoms with Crippen LogP contribution >= 0.6 is 0 Å². The summed E-state index contributed by atoms with van der Waals surface area (Å²) in [4.78, 5) is 12.2. The maximum atomic E-state index is 12.2. The summed E-state index contributed by atoms with van der Waals surface area (Å²) in [5.41, 5.74) is 1.79. The molecule has 104 valence electrons. The fraction of sp³-hybridized carbons (Fsp3) is 0.235. The van der Waals surface area contributed by atoms with Gasteiger partial charge in [-0.25, -0.2) is 0 Å². The monoisotopic (exact) mass is 270 g/mol. The number of ketones is 1. The van der Waals surface area contributed by atoms with Crippen molar-refractivity contribution >= 4 is 5.78 Å². The predicted molar refractivity (Wildman–Crippen MR) is 78.6 cm³/mol. The average Bonchev–Trinajstić information content (AvgIpc) is 2.48. The number of hydrogen-bond donors (Lipinski definition) is 0. The first-order valence-corrected chi connectivity index (χ1v) is 6.52. The van der Waals surface area contributed by atoms with E-state index in [1.807, 2.05) is 31.2 Å². The average molecular weight is 270 g/mol. The first-order chi connectivity index (χ1) is 9.60. The molecule has 0 radical (unpaired) electrons. The van der Waals surface area contributed by atoms with Crippen LogP contribution in [0.3, 0.4) is 0 Å². The normalized spacial score (nSPS) is 11.8. The molecule has 1 atom stereocenters. The Morgan fingerprint density at radius 1 is 0.950 bits per heavy atom. The first kappa shape index (κ1) is 14.1. The van der Waals surface area contributed by atoms with E-state index in [-0.39, 0.29) is 5.78 Å². The van der Waals surface area contributed by atoms with E-state index in [1.54, 1.807) is 38.3 Å². The SMILES string of the molecule is COc1ccc(OC(C)C(=O)c2ccc(C)cc2)cc1. The quantitative estimate of drug-likeness (QED) is 0.778. The Balaban J connectivity index is 2.04. The van der Waals surface area contributed by atoms with Crippen LogP contribution in [0.4, 0.5) is 0 Å². The van der Waals surface area contributed by atoms with E-state index in [0.717, 1.165) is 11.3 Å². The summed E-state index contributed by atoms with van der Waals surface area (Å²) in [5.74, 6) is 1.38. The molecule has 0 bridgehead atoms. The molecule has 3 heteroatoms. The Morgan fingerprint density at radius 3 is 2.05 bits per heavy atom. The Morgan fingerprint density at radius 2 is 1.50 bits per heavy atom. The lowest BCUT2D eigenvalue weighted by Crippen LogP contribution is -2.23. The highest BCUT2D eigenvalue weighted by Gasteiger charge is 2.16. The van der Waals surface area contributed by atoms with Crippen LogP contribution in [-0.2, 0) is 0 Å². The van der Waals surface area contributed by atoms with E-state index in [0.29, 0.717) is 11.3 Å². The lowest BCUT2D eigenvalue weighted by Gasteiger charge is -2.14. The fourth-order valence-corrected chi connectivity index (χ4v) is 1.86. The molecule has 0 amide bonds. The standard InChI is InChI=1S/C17H18O3/c1-12-4-6-14(7-5-12)17(18)13(2)20-16-10-8-15(19-3)9-11-16/h4-11,13H,1-3H3. The Kier molecular flexibility index (Phi) is 4.41. The highest BCUT2D eigenvalue weighted by Crippen LogP contribution is 2.19. The van der Waals surface area contributed by atoms with Crippen LogP contribution in [0.5, 0.6) is 11.5 Å². The maximum Gasteiger partial charge on any atom is 0.202 e. The summed E-state index contributed by atoms with van der Waals surface area (Å²) in [6.07, 6.45) is -0.522. The molecule has 0 saturated heterocycles. The van der Waals surface area contributed by atoms with Crippen molar-refractivity contribution in [3.8, 4) is 11.5 Å². The van der Waals surface area contributed by atoms with Crippen molar-refractivity contribution in [3.05, 3.63) is 59.7 Å². The van der Waals surface area contributed by atoms with Gasteiger partial charge in [0.1, 0.15) is 11.5 Å². The topological polar surface area (TPSA) is 35.5 Å². The molecule has 0 spiro atoms. The summed E-state index contributed by atoms with van der Waals surface area (Å²) in [7, 11) is 1.61.